The number of carbonyl (C=O) groups excluding carboxylic acids is 1. The molecule has 0 unspecified atom stereocenters. The van der Waals surface area contributed by atoms with E-state index < -0.39 is 0 Å². The van der Waals surface area contributed by atoms with Crippen molar-refractivity contribution in [3.05, 3.63) is 102 Å². The normalized spacial score (nSPS) is 13.9. The van der Waals surface area contributed by atoms with Crippen LogP contribution in [0.3, 0.4) is 0 Å². The summed E-state index contributed by atoms with van der Waals surface area (Å²) in [7, 11) is 4.13. The highest BCUT2D eigenvalue weighted by atomic mass is 16.1. The minimum absolute atomic E-state index is 0.198. The van der Waals surface area contributed by atoms with E-state index in [0.29, 0.717) is 16.9 Å². The van der Waals surface area contributed by atoms with Gasteiger partial charge in [0.25, 0.3) is 5.91 Å². The van der Waals surface area contributed by atoms with E-state index in [4.69, 9.17) is 20.7 Å². The Morgan fingerprint density at radius 1 is 1.05 bits per heavy atom. The molecule has 41 heavy (non-hydrogen) atoms. The van der Waals surface area contributed by atoms with Crippen LogP contribution in [-0.2, 0) is 5.41 Å². The number of nitrogens with two attached hydrogens (primary N) is 1. The van der Waals surface area contributed by atoms with Gasteiger partial charge >= 0.3 is 0 Å². The number of hydrogen-bond donors (Lipinski definition) is 3. The highest BCUT2D eigenvalue weighted by Crippen LogP contribution is 2.52. The number of aromatic nitrogens is 4. The van der Waals surface area contributed by atoms with Gasteiger partial charge in [0.2, 0.25) is 0 Å². The number of anilines is 3. The molecule has 4 N–H and O–H groups in total. The summed E-state index contributed by atoms with van der Waals surface area (Å²) in [5.41, 5.74) is 13.2. The monoisotopic (exact) mass is 546 g/mol. The largest absolute Gasteiger partial charge is 0.397 e. The SMILES string of the molecule is Cc1nc2cc(NCCN(C)C)ccn2c1-c1ccnc(C2(c3ccc(C(=O)Nc4ccccc4N)cc3)CC2)n1. The average Bonchev–Trinajstić information content (AvgIpc) is 3.71. The van der Waals surface area contributed by atoms with Crippen LogP contribution >= 0.6 is 0 Å². The molecule has 208 valence electrons. The number of nitrogen functional groups attached to an aromatic ring is 1. The molecule has 3 heterocycles. The zero-order valence-corrected chi connectivity index (χ0v) is 23.6. The summed E-state index contributed by atoms with van der Waals surface area (Å²) in [6.07, 6.45) is 5.79. The number of nitrogens with zero attached hydrogens (tertiary/aromatic N) is 5. The number of para-hydroxylation sites is 2. The fourth-order valence-electron chi connectivity index (χ4n) is 5.24. The summed E-state index contributed by atoms with van der Waals surface area (Å²) in [6.45, 7) is 3.83. The predicted octanol–water partition coefficient (Wildman–Crippen LogP) is 4.99. The first-order valence-electron chi connectivity index (χ1n) is 13.8. The Kier molecular flexibility index (Phi) is 6.88. The Labute approximate surface area is 239 Å². The maximum Gasteiger partial charge on any atom is 0.255 e. The fraction of sp³-hybridized carbons (Fsp3) is 0.250. The van der Waals surface area contributed by atoms with Crippen LogP contribution < -0.4 is 16.4 Å². The van der Waals surface area contributed by atoms with Crippen molar-refractivity contribution in [2.75, 3.05) is 43.6 Å². The van der Waals surface area contributed by atoms with Crippen LogP contribution in [0.5, 0.6) is 0 Å². The zero-order valence-electron chi connectivity index (χ0n) is 23.6. The summed E-state index contributed by atoms with van der Waals surface area (Å²) in [5.74, 6) is 0.595. The summed E-state index contributed by atoms with van der Waals surface area (Å²) in [5, 5.41) is 6.36. The number of nitrogens with one attached hydrogen (secondary N) is 2. The molecule has 1 amide bonds. The molecule has 0 spiro atoms. The van der Waals surface area contributed by atoms with E-state index in [1.165, 1.54) is 0 Å². The van der Waals surface area contributed by atoms with Gasteiger partial charge in [-0.2, -0.15) is 0 Å². The molecule has 0 saturated heterocycles. The third-order valence-corrected chi connectivity index (χ3v) is 7.67. The van der Waals surface area contributed by atoms with Crippen molar-refractivity contribution in [2.45, 2.75) is 25.2 Å². The molecule has 1 aliphatic carbocycles. The number of amides is 1. The Morgan fingerprint density at radius 2 is 1.83 bits per heavy atom. The lowest BCUT2D eigenvalue weighted by molar-refractivity contribution is 0.102. The highest BCUT2D eigenvalue weighted by molar-refractivity contribution is 6.05. The van der Waals surface area contributed by atoms with Gasteiger partial charge in [-0.3, -0.25) is 9.20 Å². The Morgan fingerprint density at radius 3 is 2.56 bits per heavy atom. The van der Waals surface area contributed by atoms with Gasteiger partial charge < -0.3 is 21.3 Å². The van der Waals surface area contributed by atoms with Gasteiger partial charge in [-0.25, -0.2) is 15.0 Å². The molecule has 3 aromatic heterocycles. The van der Waals surface area contributed by atoms with Crippen LogP contribution in [0.1, 0.15) is 40.3 Å². The van der Waals surface area contributed by atoms with E-state index in [9.17, 15) is 4.79 Å². The number of hydrogen-bond acceptors (Lipinski definition) is 7. The molecule has 2 aromatic carbocycles. The maximum absolute atomic E-state index is 12.8. The Balaban J connectivity index is 1.24. The molecule has 9 nitrogen and oxygen atoms in total. The molecule has 0 radical (unpaired) electrons. The first-order valence-corrected chi connectivity index (χ1v) is 13.8. The second-order valence-electron chi connectivity index (χ2n) is 10.9. The lowest BCUT2D eigenvalue weighted by atomic mass is 9.93. The van der Waals surface area contributed by atoms with Gasteiger partial charge in [0.05, 0.1) is 33.9 Å². The van der Waals surface area contributed by atoms with Crippen molar-refractivity contribution in [3.8, 4) is 11.4 Å². The standard InChI is InChI=1S/C32H34N8O/c1-21-29(40-18-13-24(20-28(40)36-21)34-17-19-39(2)3)27-12-16-35-31(38-27)32(14-15-32)23-10-8-22(9-11-23)30(41)37-26-7-5-4-6-25(26)33/h4-13,16,18,20,34H,14-15,17,19,33H2,1-3H3,(H,37,41). The average molecular weight is 547 g/mol. The van der Waals surface area contributed by atoms with Crippen molar-refractivity contribution < 1.29 is 4.79 Å². The highest BCUT2D eigenvalue weighted by Gasteiger charge is 2.48. The van der Waals surface area contributed by atoms with Gasteiger partial charge in [-0.1, -0.05) is 24.3 Å². The van der Waals surface area contributed by atoms with E-state index in [0.717, 1.165) is 65.7 Å². The molecule has 1 saturated carbocycles. The second-order valence-corrected chi connectivity index (χ2v) is 10.9. The zero-order chi connectivity index (χ0) is 28.6. The molecular formula is C32H34N8O. The molecule has 5 aromatic rings. The Bertz CT molecular complexity index is 1720. The summed E-state index contributed by atoms with van der Waals surface area (Å²) < 4.78 is 2.09. The van der Waals surface area contributed by atoms with E-state index in [2.05, 4.69) is 46.2 Å². The van der Waals surface area contributed by atoms with Crippen molar-refractivity contribution >= 4 is 28.6 Å². The maximum atomic E-state index is 12.8. The Hall–Kier alpha value is -4.76. The lowest BCUT2D eigenvalue weighted by Gasteiger charge is -2.16. The molecule has 0 aliphatic heterocycles. The summed E-state index contributed by atoms with van der Waals surface area (Å²) in [4.78, 5) is 29.6. The lowest BCUT2D eigenvalue weighted by Crippen LogP contribution is -2.20. The summed E-state index contributed by atoms with van der Waals surface area (Å²) in [6, 6.07) is 21.1. The number of pyridine rings is 1. The molecule has 0 atom stereocenters. The van der Waals surface area contributed by atoms with E-state index in [1.54, 1.807) is 12.1 Å². The minimum atomic E-state index is -0.257. The van der Waals surface area contributed by atoms with Crippen molar-refractivity contribution in [1.82, 2.24) is 24.3 Å². The van der Waals surface area contributed by atoms with Gasteiger partial charge in [-0.05, 0) is 75.8 Å². The van der Waals surface area contributed by atoms with Crippen molar-refractivity contribution in [1.29, 1.82) is 0 Å². The molecule has 9 heteroatoms. The first kappa shape index (κ1) is 26.5. The molecule has 6 rings (SSSR count). The van der Waals surface area contributed by atoms with Crippen molar-refractivity contribution in [2.24, 2.45) is 0 Å². The number of likely N-dealkylation sites (N-methyl/N-ethyl adjacent to an activating group) is 1. The molecule has 1 aliphatic rings. The first-order chi connectivity index (χ1) is 19.8. The third-order valence-electron chi connectivity index (χ3n) is 7.67. The fourth-order valence-corrected chi connectivity index (χ4v) is 5.24. The number of benzene rings is 2. The molecular weight excluding hydrogens is 512 g/mol. The molecule has 1 fully saturated rings. The van der Waals surface area contributed by atoms with Gasteiger partial charge in [-0.15, -0.1) is 0 Å². The van der Waals surface area contributed by atoms with E-state index in [1.807, 2.05) is 61.8 Å². The minimum Gasteiger partial charge on any atom is -0.397 e. The van der Waals surface area contributed by atoms with Crippen LogP contribution in [0.4, 0.5) is 17.1 Å². The van der Waals surface area contributed by atoms with Gasteiger partial charge in [0.15, 0.2) is 0 Å². The summed E-state index contributed by atoms with van der Waals surface area (Å²) >= 11 is 0. The van der Waals surface area contributed by atoms with Crippen LogP contribution in [0.25, 0.3) is 17.0 Å². The topological polar surface area (TPSA) is 113 Å². The van der Waals surface area contributed by atoms with Crippen LogP contribution in [0, 0.1) is 6.92 Å². The van der Waals surface area contributed by atoms with Gasteiger partial charge in [0.1, 0.15) is 11.5 Å². The molecule has 0 bridgehead atoms. The van der Waals surface area contributed by atoms with E-state index in [-0.39, 0.29) is 11.3 Å². The number of carbonyl (C=O) groups is 1. The predicted molar refractivity (Wildman–Crippen MR) is 163 cm³/mol. The van der Waals surface area contributed by atoms with Gasteiger partial charge in [0, 0.05) is 42.8 Å². The number of aryl methyl sites for hydroxylation is 1. The van der Waals surface area contributed by atoms with Crippen LogP contribution in [0.2, 0.25) is 0 Å². The van der Waals surface area contributed by atoms with Crippen molar-refractivity contribution in [3.63, 3.8) is 0 Å². The number of imidazole rings is 1. The number of rotatable bonds is 9. The quantitative estimate of drug-likeness (QED) is 0.223. The van der Waals surface area contributed by atoms with Crippen LogP contribution in [0.15, 0.2) is 79.1 Å². The smallest absolute Gasteiger partial charge is 0.255 e. The third kappa shape index (κ3) is 5.24. The number of fused-ring (bicyclic) bond motifs is 1. The van der Waals surface area contributed by atoms with E-state index >= 15 is 0 Å². The van der Waals surface area contributed by atoms with Crippen LogP contribution in [-0.4, -0.2) is 57.3 Å². The second kappa shape index (κ2) is 10.7.